The fourth-order valence-electron chi connectivity index (χ4n) is 2.15. The van der Waals surface area contributed by atoms with Gasteiger partial charge in [-0.05, 0) is 31.5 Å². The Kier molecular flexibility index (Phi) is 4.74. The van der Waals surface area contributed by atoms with Crippen LogP contribution in [-0.4, -0.2) is 48.5 Å². The van der Waals surface area contributed by atoms with Crippen LogP contribution >= 0.6 is 0 Å². The predicted molar refractivity (Wildman–Crippen MR) is 76.4 cm³/mol. The number of nitrogens with zero attached hydrogens (tertiary/aromatic N) is 2. The fourth-order valence-corrected chi connectivity index (χ4v) is 2.15. The number of likely N-dealkylation sites (N-methyl/N-ethyl adjacent to an activating group) is 1. The van der Waals surface area contributed by atoms with Crippen molar-refractivity contribution < 1.29 is 4.79 Å². The van der Waals surface area contributed by atoms with E-state index in [0.29, 0.717) is 12.2 Å². The lowest BCUT2D eigenvalue weighted by atomic mass is 10.3. The minimum absolute atomic E-state index is 0.107. The number of pyridine rings is 1. The van der Waals surface area contributed by atoms with Gasteiger partial charge in [-0.25, -0.2) is 0 Å². The quantitative estimate of drug-likeness (QED) is 0.778. The van der Waals surface area contributed by atoms with Gasteiger partial charge in [0.05, 0.1) is 0 Å². The van der Waals surface area contributed by atoms with Crippen molar-refractivity contribution in [3.05, 3.63) is 24.0 Å². The Morgan fingerprint density at radius 3 is 2.95 bits per heavy atom. The minimum Gasteiger partial charge on any atom is -0.388 e. The van der Waals surface area contributed by atoms with E-state index in [4.69, 9.17) is 0 Å². The lowest BCUT2D eigenvalue weighted by Crippen LogP contribution is -2.36. The summed E-state index contributed by atoms with van der Waals surface area (Å²) in [6.45, 7) is 4.80. The van der Waals surface area contributed by atoms with E-state index in [2.05, 4.69) is 27.4 Å². The summed E-state index contributed by atoms with van der Waals surface area (Å²) < 4.78 is 0. The van der Waals surface area contributed by atoms with Gasteiger partial charge in [-0.15, -0.1) is 0 Å². The van der Waals surface area contributed by atoms with Gasteiger partial charge in [0.25, 0.3) is 5.91 Å². The number of aromatic nitrogens is 1. The van der Waals surface area contributed by atoms with Gasteiger partial charge in [-0.2, -0.15) is 0 Å². The van der Waals surface area contributed by atoms with Crippen LogP contribution in [0.4, 0.5) is 5.69 Å². The summed E-state index contributed by atoms with van der Waals surface area (Å²) in [6, 6.07) is 4.34. The number of rotatable bonds is 7. The number of nitrogens with one attached hydrogen (secondary N) is 2. The highest BCUT2D eigenvalue weighted by Gasteiger charge is 2.27. The lowest BCUT2D eigenvalue weighted by molar-refractivity contribution is 0.0943. The normalized spacial score (nSPS) is 14.5. The van der Waals surface area contributed by atoms with Crippen molar-refractivity contribution >= 4 is 11.6 Å². The molecule has 0 unspecified atom stereocenters. The van der Waals surface area contributed by atoms with Gasteiger partial charge in [0.2, 0.25) is 0 Å². The summed E-state index contributed by atoms with van der Waals surface area (Å²) >= 11 is 0. The molecule has 2 rings (SSSR count). The van der Waals surface area contributed by atoms with Crippen molar-refractivity contribution in [1.29, 1.82) is 0 Å². The Bertz CT molecular complexity index is 431. The van der Waals surface area contributed by atoms with E-state index in [1.807, 2.05) is 13.1 Å². The van der Waals surface area contributed by atoms with Crippen LogP contribution < -0.4 is 10.6 Å². The van der Waals surface area contributed by atoms with E-state index in [-0.39, 0.29) is 5.91 Å². The van der Waals surface area contributed by atoms with Gasteiger partial charge in [0.15, 0.2) is 0 Å². The summed E-state index contributed by atoms with van der Waals surface area (Å²) in [5.41, 5.74) is 1.36. The van der Waals surface area contributed by atoms with Gasteiger partial charge < -0.3 is 10.6 Å². The molecule has 0 spiro atoms. The molecule has 1 aliphatic rings. The zero-order valence-electron chi connectivity index (χ0n) is 11.6. The second-order valence-corrected chi connectivity index (χ2v) is 4.80. The van der Waals surface area contributed by atoms with Gasteiger partial charge >= 0.3 is 0 Å². The van der Waals surface area contributed by atoms with E-state index in [0.717, 1.165) is 24.8 Å². The standard InChI is InChI=1S/C14H22N4O/c1-3-18(12-4-5-12)9-8-17-14(19)13-10-11(15-2)6-7-16-13/h6-7,10,12H,3-5,8-9H2,1-2H3,(H,15,16)(H,17,19). The largest absolute Gasteiger partial charge is 0.388 e. The maximum atomic E-state index is 11.9. The van der Waals surface area contributed by atoms with E-state index >= 15 is 0 Å². The second kappa shape index (κ2) is 6.52. The molecule has 0 radical (unpaired) electrons. The first kappa shape index (κ1) is 13.8. The Morgan fingerprint density at radius 1 is 1.53 bits per heavy atom. The molecule has 2 N–H and O–H groups in total. The highest BCUT2D eigenvalue weighted by Crippen LogP contribution is 2.25. The summed E-state index contributed by atoms with van der Waals surface area (Å²) in [5.74, 6) is -0.107. The van der Waals surface area contributed by atoms with Crippen molar-refractivity contribution in [3.63, 3.8) is 0 Å². The molecule has 1 aromatic rings. The van der Waals surface area contributed by atoms with Gasteiger partial charge in [-0.3, -0.25) is 14.7 Å². The molecule has 104 valence electrons. The zero-order chi connectivity index (χ0) is 13.7. The van der Waals surface area contributed by atoms with Crippen molar-refractivity contribution in [2.75, 3.05) is 32.0 Å². The maximum Gasteiger partial charge on any atom is 0.269 e. The molecule has 1 heterocycles. The number of carbonyl (C=O) groups is 1. The van der Waals surface area contributed by atoms with E-state index in [1.165, 1.54) is 12.8 Å². The molecule has 0 bridgehead atoms. The monoisotopic (exact) mass is 262 g/mol. The molecule has 0 aliphatic heterocycles. The molecule has 19 heavy (non-hydrogen) atoms. The Labute approximate surface area is 114 Å². The van der Waals surface area contributed by atoms with E-state index in [1.54, 1.807) is 12.3 Å². The van der Waals surface area contributed by atoms with Crippen molar-refractivity contribution in [2.24, 2.45) is 0 Å². The van der Waals surface area contributed by atoms with E-state index < -0.39 is 0 Å². The summed E-state index contributed by atoms with van der Waals surface area (Å²) in [4.78, 5) is 18.4. The number of anilines is 1. The molecule has 1 saturated carbocycles. The maximum absolute atomic E-state index is 11.9. The third-order valence-corrected chi connectivity index (χ3v) is 3.44. The van der Waals surface area contributed by atoms with Crippen LogP contribution in [0.25, 0.3) is 0 Å². The molecule has 1 aromatic heterocycles. The SMILES string of the molecule is CCN(CCNC(=O)c1cc(NC)ccn1)C1CC1. The first-order valence-electron chi connectivity index (χ1n) is 6.90. The fraction of sp³-hybridized carbons (Fsp3) is 0.571. The topological polar surface area (TPSA) is 57.3 Å². The number of amides is 1. The first-order valence-corrected chi connectivity index (χ1v) is 6.90. The molecular formula is C14H22N4O. The van der Waals surface area contributed by atoms with Crippen LogP contribution in [0.15, 0.2) is 18.3 Å². The Morgan fingerprint density at radius 2 is 2.32 bits per heavy atom. The van der Waals surface area contributed by atoms with Crippen LogP contribution in [0.5, 0.6) is 0 Å². The first-order chi connectivity index (χ1) is 9.24. The van der Waals surface area contributed by atoms with Gasteiger partial charge in [-0.1, -0.05) is 6.92 Å². The number of hydrogen-bond donors (Lipinski definition) is 2. The second-order valence-electron chi connectivity index (χ2n) is 4.80. The molecular weight excluding hydrogens is 240 g/mol. The Balaban J connectivity index is 1.79. The van der Waals surface area contributed by atoms with E-state index in [9.17, 15) is 4.79 Å². The Hall–Kier alpha value is -1.62. The summed E-state index contributed by atoms with van der Waals surface area (Å²) in [7, 11) is 1.83. The molecule has 1 fully saturated rings. The molecule has 0 saturated heterocycles. The van der Waals surface area contributed by atoms with Crippen LogP contribution in [0.1, 0.15) is 30.3 Å². The number of carbonyl (C=O) groups excluding carboxylic acids is 1. The van der Waals surface area contributed by atoms with Crippen molar-refractivity contribution in [1.82, 2.24) is 15.2 Å². The number of hydrogen-bond acceptors (Lipinski definition) is 4. The van der Waals surface area contributed by atoms with Crippen LogP contribution in [0.3, 0.4) is 0 Å². The highest BCUT2D eigenvalue weighted by molar-refractivity contribution is 5.93. The molecule has 5 heteroatoms. The summed E-state index contributed by atoms with van der Waals surface area (Å²) in [6.07, 6.45) is 4.24. The average Bonchev–Trinajstić information content (AvgIpc) is 3.28. The third-order valence-electron chi connectivity index (χ3n) is 3.44. The summed E-state index contributed by atoms with van der Waals surface area (Å²) in [5, 5.41) is 5.93. The van der Waals surface area contributed by atoms with Gasteiger partial charge in [0, 0.05) is 38.1 Å². The molecule has 1 aliphatic carbocycles. The van der Waals surface area contributed by atoms with Crippen LogP contribution in [-0.2, 0) is 0 Å². The third kappa shape index (κ3) is 3.92. The smallest absolute Gasteiger partial charge is 0.269 e. The minimum atomic E-state index is -0.107. The molecule has 0 atom stereocenters. The highest BCUT2D eigenvalue weighted by atomic mass is 16.1. The average molecular weight is 262 g/mol. The van der Waals surface area contributed by atoms with Crippen LogP contribution in [0, 0.1) is 0 Å². The lowest BCUT2D eigenvalue weighted by Gasteiger charge is -2.19. The zero-order valence-corrected chi connectivity index (χ0v) is 11.6. The molecule has 0 aromatic carbocycles. The molecule has 5 nitrogen and oxygen atoms in total. The molecule has 1 amide bonds. The van der Waals surface area contributed by atoms with Crippen molar-refractivity contribution in [3.8, 4) is 0 Å². The van der Waals surface area contributed by atoms with Crippen molar-refractivity contribution in [2.45, 2.75) is 25.8 Å². The van der Waals surface area contributed by atoms with Gasteiger partial charge in [0.1, 0.15) is 5.69 Å². The van der Waals surface area contributed by atoms with Crippen LogP contribution in [0.2, 0.25) is 0 Å². The predicted octanol–water partition coefficient (Wildman–Crippen LogP) is 1.34.